The molecule has 7 heteroatoms. The van der Waals surface area contributed by atoms with Gasteiger partial charge >= 0.3 is 0 Å². The summed E-state index contributed by atoms with van der Waals surface area (Å²) in [6, 6.07) is 1.44. The van der Waals surface area contributed by atoms with Crippen LogP contribution in [0.25, 0.3) is 0 Å². The molecule has 2 rings (SSSR count). The first kappa shape index (κ1) is 7.87. The van der Waals surface area contributed by atoms with E-state index >= 15 is 0 Å². The van der Waals surface area contributed by atoms with Crippen molar-refractivity contribution in [2.24, 2.45) is 12.8 Å². The van der Waals surface area contributed by atoms with Crippen LogP contribution in [0.4, 0.5) is 0 Å². The van der Waals surface area contributed by atoms with Crippen molar-refractivity contribution < 1.29 is 0 Å². The summed E-state index contributed by atoms with van der Waals surface area (Å²) in [6.07, 6.45) is 1.68. The zero-order valence-electron chi connectivity index (χ0n) is 7.05. The Morgan fingerprint density at radius 1 is 1.62 bits per heavy atom. The summed E-state index contributed by atoms with van der Waals surface area (Å²) in [5.74, 6) is 0.462. The molecule has 3 N–H and O–H groups in total. The van der Waals surface area contributed by atoms with Gasteiger partial charge in [-0.15, -0.1) is 10.2 Å². The Labute approximate surface area is 73.9 Å². The van der Waals surface area contributed by atoms with Crippen molar-refractivity contribution >= 4 is 0 Å². The van der Waals surface area contributed by atoms with Crippen LogP contribution in [0.3, 0.4) is 0 Å². The maximum absolute atomic E-state index is 5.86. The molecule has 2 heterocycles. The highest BCUT2D eigenvalue weighted by Crippen LogP contribution is 2.12. The minimum absolute atomic E-state index is 0.383. The van der Waals surface area contributed by atoms with Gasteiger partial charge in [0.05, 0.1) is 5.69 Å². The standard InChI is InChI=1S/C6H9N7/c1-13-4(2-3-8-13)5(7)6-9-11-12-10-6/h2-3,5H,7H2,1H3,(H,9,10,11,12). The lowest BCUT2D eigenvalue weighted by atomic mass is 10.2. The number of nitrogens with zero attached hydrogens (tertiary/aromatic N) is 5. The van der Waals surface area contributed by atoms with Gasteiger partial charge in [0.2, 0.25) is 0 Å². The molecule has 0 amide bonds. The van der Waals surface area contributed by atoms with E-state index in [0.29, 0.717) is 5.82 Å². The summed E-state index contributed by atoms with van der Waals surface area (Å²) >= 11 is 0. The van der Waals surface area contributed by atoms with Crippen LogP contribution in [0.2, 0.25) is 0 Å². The smallest absolute Gasteiger partial charge is 0.197 e. The molecule has 0 saturated heterocycles. The van der Waals surface area contributed by atoms with Crippen LogP contribution in [-0.4, -0.2) is 30.4 Å². The van der Waals surface area contributed by atoms with Gasteiger partial charge in [-0.2, -0.15) is 10.3 Å². The molecule has 0 aliphatic carbocycles. The first-order valence-electron chi connectivity index (χ1n) is 3.76. The third kappa shape index (κ3) is 1.29. The molecule has 0 aliphatic rings. The lowest BCUT2D eigenvalue weighted by molar-refractivity contribution is 0.652. The normalized spacial score (nSPS) is 13.1. The van der Waals surface area contributed by atoms with Crippen LogP contribution in [0.15, 0.2) is 12.3 Å². The second kappa shape index (κ2) is 2.94. The van der Waals surface area contributed by atoms with E-state index in [-0.39, 0.29) is 6.04 Å². The molecule has 0 aromatic carbocycles. The van der Waals surface area contributed by atoms with E-state index in [9.17, 15) is 0 Å². The van der Waals surface area contributed by atoms with Crippen LogP contribution < -0.4 is 5.73 Å². The molecule has 0 aliphatic heterocycles. The zero-order chi connectivity index (χ0) is 9.26. The van der Waals surface area contributed by atoms with E-state index in [4.69, 9.17) is 5.73 Å². The van der Waals surface area contributed by atoms with Gasteiger partial charge in [-0.1, -0.05) is 5.21 Å². The van der Waals surface area contributed by atoms with E-state index in [1.54, 1.807) is 10.9 Å². The summed E-state index contributed by atoms with van der Waals surface area (Å²) in [5, 5.41) is 17.4. The maximum Gasteiger partial charge on any atom is 0.197 e. The molecule has 13 heavy (non-hydrogen) atoms. The Morgan fingerprint density at radius 3 is 3.00 bits per heavy atom. The van der Waals surface area contributed by atoms with E-state index in [2.05, 4.69) is 25.7 Å². The third-order valence-corrected chi connectivity index (χ3v) is 1.82. The number of nitrogens with one attached hydrogen (secondary N) is 1. The van der Waals surface area contributed by atoms with Crippen LogP contribution in [0.1, 0.15) is 17.6 Å². The van der Waals surface area contributed by atoms with Gasteiger partial charge in [-0.25, -0.2) is 0 Å². The molecule has 0 saturated carbocycles. The maximum atomic E-state index is 5.86. The fourth-order valence-electron chi connectivity index (χ4n) is 1.12. The highest BCUT2D eigenvalue weighted by atomic mass is 15.5. The fraction of sp³-hybridized carbons (Fsp3) is 0.333. The number of tetrazole rings is 1. The number of hydrogen-bond acceptors (Lipinski definition) is 5. The van der Waals surface area contributed by atoms with E-state index in [0.717, 1.165) is 5.69 Å². The average Bonchev–Trinajstić information content (AvgIpc) is 2.72. The molecule has 2 aromatic heterocycles. The monoisotopic (exact) mass is 179 g/mol. The van der Waals surface area contributed by atoms with Gasteiger partial charge in [0.25, 0.3) is 0 Å². The summed E-state index contributed by atoms with van der Waals surface area (Å²) in [6.45, 7) is 0. The zero-order valence-corrected chi connectivity index (χ0v) is 7.05. The first-order chi connectivity index (χ1) is 6.29. The Kier molecular flexibility index (Phi) is 1.78. The number of hydrogen-bond donors (Lipinski definition) is 2. The Bertz CT molecular complexity index is 375. The number of rotatable bonds is 2. The van der Waals surface area contributed by atoms with Gasteiger partial charge in [0, 0.05) is 13.2 Å². The molecule has 0 fully saturated rings. The fourth-order valence-corrected chi connectivity index (χ4v) is 1.12. The average molecular weight is 179 g/mol. The van der Waals surface area contributed by atoms with Gasteiger partial charge in [0.1, 0.15) is 6.04 Å². The lowest BCUT2D eigenvalue weighted by Gasteiger charge is -2.06. The second-order valence-electron chi connectivity index (χ2n) is 2.63. The molecule has 7 nitrogen and oxygen atoms in total. The minimum Gasteiger partial charge on any atom is -0.316 e. The van der Waals surface area contributed by atoms with Gasteiger partial charge in [-0.05, 0) is 6.07 Å². The highest BCUT2D eigenvalue weighted by Gasteiger charge is 2.15. The highest BCUT2D eigenvalue weighted by molar-refractivity contribution is 5.13. The molecular formula is C6H9N7. The Balaban J connectivity index is 2.33. The second-order valence-corrected chi connectivity index (χ2v) is 2.63. The molecule has 68 valence electrons. The number of aromatic amines is 1. The minimum atomic E-state index is -0.383. The molecule has 1 atom stereocenters. The molecule has 0 bridgehead atoms. The molecular weight excluding hydrogens is 170 g/mol. The number of aromatic nitrogens is 6. The van der Waals surface area contributed by atoms with Crippen molar-refractivity contribution in [3.63, 3.8) is 0 Å². The predicted octanol–water partition coefficient (Wildman–Crippen LogP) is -1.02. The lowest BCUT2D eigenvalue weighted by Crippen LogP contribution is -2.17. The molecule has 0 radical (unpaired) electrons. The third-order valence-electron chi connectivity index (χ3n) is 1.82. The van der Waals surface area contributed by atoms with Crippen LogP contribution in [0.5, 0.6) is 0 Å². The van der Waals surface area contributed by atoms with Crippen molar-refractivity contribution in [2.45, 2.75) is 6.04 Å². The summed E-state index contributed by atoms with van der Waals surface area (Å²) in [4.78, 5) is 0. The van der Waals surface area contributed by atoms with E-state index in [1.165, 1.54) is 0 Å². The quantitative estimate of drug-likeness (QED) is 0.615. The van der Waals surface area contributed by atoms with Crippen LogP contribution >= 0.6 is 0 Å². The topological polar surface area (TPSA) is 98.3 Å². The Morgan fingerprint density at radius 2 is 2.46 bits per heavy atom. The van der Waals surface area contributed by atoms with Crippen molar-refractivity contribution in [3.05, 3.63) is 23.8 Å². The van der Waals surface area contributed by atoms with E-state index < -0.39 is 0 Å². The molecule has 2 aromatic rings. The predicted molar refractivity (Wildman–Crippen MR) is 43.4 cm³/mol. The summed E-state index contributed by atoms with van der Waals surface area (Å²) in [7, 11) is 1.81. The summed E-state index contributed by atoms with van der Waals surface area (Å²) in [5.41, 5.74) is 6.71. The van der Waals surface area contributed by atoms with E-state index in [1.807, 2.05) is 13.1 Å². The first-order valence-corrected chi connectivity index (χ1v) is 3.76. The van der Waals surface area contributed by atoms with Crippen LogP contribution in [-0.2, 0) is 7.05 Å². The van der Waals surface area contributed by atoms with Crippen molar-refractivity contribution in [2.75, 3.05) is 0 Å². The summed E-state index contributed by atoms with van der Waals surface area (Å²) < 4.78 is 1.68. The van der Waals surface area contributed by atoms with Crippen LogP contribution in [0, 0.1) is 0 Å². The van der Waals surface area contributed by atoms with Crippen molar-refractivity contribution in [1.82, 2.24) is 30.4 Å². The van der Waals surface area contributed by atoms with Crippen molar-refractivity contribution in [1.29, 1.82) is 0 Å². The number of H-pyrrole nitrogens is 1. The molecule has 0 spiro atoms. The number of nitrogens with two attached hydrogens (primary N) is 1. The SMILES string of the molecule is Cn1nccc1C(N)c1nn[nH]n1. The molecule has 1 unspecified atom stereocenters. The van der Waals surface area contributed by atoms with Gasteiger partial charge < -0.3 is 5.73 Å². The van der Waals surface area contributed by atoms with Gasteiger partial charge in [-0.3, -0.25) is 4.68 Å². The van der Waals surface area contributed by atoms with Gasteiger partial charge in [0.15, 0.2) is 5.82 Å². The Hall–Kier alpha value is -1.76. The number of aryl methyl sites for hydroxylation is 1. The van der Waals surface area contributed by atoms with Crippen molar-refractivity contribution in [3.8, 4) is 0 Å². The largest absolute Gasteiger partial charge is 0.316 e.